The number of hydrogen-bond acceptors (Lipinski definition) is 6. The molecule has 1 fully saturated rings. The third-order valence-corrected chi connectivity index (χ3v) is 2.36. The molecule has 0 atom stereocenters. The van der Waals surface area contributed by atoms with Crippen molar-refractivity contribution in [3.05, 3.63) is 33.9 Å². The first-order chi connectivity index (χ1) is 8.00. The van der Waals surface area contributed by atoms with Gasteiger partial charge in [-0.1, -0.05) is 0 Å². The molecule has 17 heavy (non-hydrogen) atoms. The van der Waals surface area contributed by atoms with E-state index >= 15 is 0 Å². The molecule has 1 heterocycles. The Kier molecular flexibility index (Phi) is 2.66. The van der Waals surface area contributed by atoms with Crippen molar-refractivity contribution in [2.45, 2.75) is 0 Å². The van der Waals surface area contributed by atoms with Gasteiger partial charge in [-0.2, -0.15) is 10.2 Å². The Labute approximate surface area is 95.9 Å². The average molecular weight is 238 g/mol. The predicted molar refractivity (Wildman–Crippen MR) is 57.5 cm³/mol. The summed E-state index contributed by atoms with van der Waals surface area (Å²) in [5.41, 5.74) is 4.72. The fourth-order valence-electron chi connectivity index (χ4n) is 1.40. The molecule has 8 nitrogen and oxygen atoms in total. The normalized spacial score (nSPS) is 14.4. The van der Waals surface area contributed by atoms with Gasteiger partial charge in [0.1, 0.15) is 5.56 Å². The van der Waals surface area contributed by atoms with Crippen LogP contribution in [0.4, 0.5) is 11.4 Å². The van der Waals surface area contributed by atoms with Gasteiger partial charge in [-0.15, -0.1) is 0 Å². The molecule has 0 radical (unpaired) electrons. The Morgan fingerprint density at radius 2 is 2.18 bits per heavy atom. The van der Waals surface area contributed by atoms with Crippen LogP contribution in [0.1, 0.15) is 10.4 Å². The Morgan fingerprint density at radius 1 is 1.53 bits per heavy atom. The second kappa shape index (κ2) is 4.00. The van der Waals surface area contributed by atoms with Gasteiger partial charge in [0.15, 0.2) is 0 Å². The summed E-state index contributed by atoms with van der Waals surface area (Å²) in [6.07, 6.45) is 0. The van der Waals surface area contributed by atoms with E-state index < -0.39 is 10.8 Å². The molecule has 90 valence electrons. The minimum Gasteiger partial charge on any atom is -0.365 e. The number of amides is 1. The maximum Gasteiger partial charge on any atom is 0.282 e. The molecule has 1 aliphatic heterocycles. The minimum absolute atomic E-state index is 0.228. The van der Waals surface area contributed by atoms with Crippen LogP contribution in [0.2, 0.25) is 0 Å². The van der Waals surface area contributed by atoms with E-state index in [0.717, 1.165) is 11.2 Å². The van der Waals surface area contributed by atoms with Crippen LogP contribution in [0, 0.1) is 10.1 Å². The fourth-order valence-corrected chi connectivity index (χ4v) is 1.40. The Bertz CT molecular complexity index is 486. The predicted octanol–water partition coefficient (Wildman–Crippen LogP) is 0.120. The molecule has 1 saturated heterocycles. The van der Waals surface area contributed by atoms with Crippen molar-refractivity contribution in [2.75, 3.05) is 18.3 Å². The van der Waals surface area contributed by atoms with E-state index in [1.54, 1.807) is 5.01 Å². The van der Waals surface area contributed by atoms with E-state index in [0.29, 0.717) is 13.1 Å². The summed E-state index contributed by atoms with van der Waals surface area (Å²) in [4.78, 5) is 21.1. The number of nitro groups is 1. The number of benzene rings is 1. The smallest absolute Gasteiger partial charge is 0.282 e. The zero-order valence-corrected chi connectivity index (χ0v) is 8.74. The lowest BCUT2D eigenvalue weighted by Gasteiger charge is -2.17. The quantitative estimate of drug-likeness (QED) is 0.437. The topological polar surface area (TPSA) is 113 Å². The summed E-state index contributed by atoms with van der Waals surface area (Å²) in [5.74, 6) is -0.905. The first-order valence-electron chi connectivity index (χ1n) is 4.83. The lowest BCUT2D eigenvalue weighted by Crippen LogP contribution is -2.25. The number of rotatable bonds is 4. The highest BCUT2D eigenvalue weighted by molar-refractivity contribution is 5.97. The average Bonchev–Trinajstić information content (AvgIpc) is 3.10. The summed E-state index contributed by atoms with van der Waals surface area (Å²) >= 11 is 0. The van der Waals surface area contributed by atoms with Crippen molar-refractivity contribution >= 4 is 17.3 Å². The van der Waals surface area contributed by atoms with Crippen molar-refractivity contribution in [1.29, 1.82) is 0 Å². The Hall–Kier alpha value is -2.19. The van der Waals surface area contributed by atoms with Crippen LogP contribution in [0.15, 0.2) is 18.2 Å². The molecular formula is C9H10N4O4. The number of nitrogens with two attached hydrogens (primary N) is 1. The summed E-state index contributed by atoms with van der Waals surface area (Å²) in [7, 11) is 0. The van der Waals surface area contributed by atoms with E-state index in [2.05, 4.69) is 0 Å². The highest BCUT2D eigenvalue weighted by Crippen LogP contribution is 2.26. The number of anilines is 1. The number of hydrazine groups is 1. The number of carbonyl (C=O) groups is 1. The van der Waals surface area contributed by atoms with E-state index in [1.165, 1.54) is 12.1 Å². The van der Waals surface area contributed by atoms with E-state index in [-0.39, 0.29) is 16.9 Å². The summed E-state index contributed by atoms with van der Waals surface area (Å²) in [6.45, 7) is 1.39. The van der Waals surface area contributed by atoms with Gasteiger partial charge >= 0.3 is 0 Å². The van der Waals surface area contributed by atoms with Crippen LogP contribution in [0.25, 0.3) is 0 Å². The molecule has 1 amide bonds. The van der Waals surface area contributed by atoms with Gasteiger partial charge in [0.2, 0.25) is 0 Å². The number of hydrogen-bond donors (Lipinski definition) is 2. The van der Waals surface area contributed by atoms with Crippen LogP contribution in [-0.2, 0) is 0 Å². The van der Waals surface area contributed by atoms with Crippen molar-refractivity contribution < 1.29 is 14.9 Å². The first kappa shape index (κ1) is 11.3. The monoisotopic (exact) mass is 238 g/mol. The first-order valence-corrected chi connectivity index (χ1v) is 4.83. The van der Waals surface area contributed by atoms with Crippen molar-refractivity contribution in [3.8, 4) is 0 Å². The van der Waals surface area contributed by atoms with Gasteiger partial charge in [-0.05, 0) is 12.1 Å². The zero-order valence-electron chi connectivity index (χ0n) is 8.74. The highest BCUT2D eigenvalue weighted by Gasteiger charge is 2.27. The van der Waals surface area contributed by atoms with Gasteiger partial charge in [-0.25, -0.2) is 0 Å². The van der Waals surface area contributed by atoms with Crippen LogP contribution < -0.4 is 10.9 Å². The lowest BCUT2D eigenvalue weighted by molar-refractivity contribution is -0.385. The Balaban J connectivity index is 2.41. The van der Waals surface area contributed by atoms with E-state index in [1.807, 2.05) is 0 Å². The zero-order chi connectivity index (χ0) is 12.6. The van der Waals surface area contributed by atoms with Crippen LogP contribution in [0.3, 0.4) is 0 Å². The van der Waals surface area contributed by atoms with Crippen LogP contribution in [0.5, 0.6) is 0 Å². The van der Waals surface area contributed by atoms with Crippen molar-refractivity contribution in [3.63, 3.8) is 0 Å². The molecule has 0 unspecified atom stereocenters. The van der Waals surface area contributed by atoms with Gasteiger partial charge in [-0.3, -0.25) is 20.1 Å². The van der Waals surface area contributed by atoms with Crippen molar-refractivity contribution in [1.82, 2.24) is 5.01 Å². The molecule has 0 saturated carbocycles. The fraction of sp³-hybridized carbons (Fsp3) is 0.222. The number of carbonyl (C=O) groups excluding carboxylic acids is 1. The molecule has 1 aromatic carbocycles. The largest absolute Gasteiger partial charge is 0.365 e. The molecule has 0 bridgehead atoms. The molecular weight excluding hydrogens is 228 g/mol. The minimum atomic E-state index is -0.905. The molecule has 8 heteroatoms. The second-order valence-electron chi connectivity index (χ2n) is 3.57. The second-order valence-corrected chi connectivity index (χ2v) is 3.57. The number of nitro benzene ring substituents is 1. The molecule has 0 aliphatic carbocycles. The molecule has 1 aliphatic rings. The van der Waals surface area contributed by atoms with E-state index in [9.17, 15) is 20.1 Å². The Morgan fingerprint density at radius 3 is 2.65 bits per heavy atom. The highest BCUT2D eigenvalue weighted by atomic mass is 16.6. The van der Waals surface area contributed by atoms with Crippen LogP contribution >= 0.6 is 0 Å². The summed E-state index contributed by atoms with van der Waals surface area (Å²) in [6, 6.07) is 3.68. The maximum atomic E-state index is 11.1. The van der Waals surface area contributed by atoms with Gasteiger partial charge in [0.25, 0.3) is 11.6 Å². The summed E-state index contributed by atoms with van der Waals surface area (Å²) < 4.78 is 0. The molecule has 1 aromatic rings. The van der Waals surface area contributed by atoms with E-state index in [4.69, 9.17) is 5.73 Å². The third kappa shape index (κ3) is 2.17. The molecule has 3 N–H and O–H groups in total. The maximum absolute atomic E-state index is 11.1. The number of nitrogens with zero attached hydrogens (tertiary/aromatic N) is 3. The number of primary amides is 1. The molecule has 0 aromatic heterocycles. The van der Waals surface area contributed by atoms with Crippen LogP contribution in [-0.4, -0.2) is 34.1 Å². The third-order valence-electron chi connectivity index (χ3n) is 2.36. The lowest BCUT2D eigenvalue weighted by atomic mass is 10.1. The van der Waals surface area contributed by atoms with Crippen molar-refractivity contribution in [2.24, 2.45) is 5.73 Å². The SMILES string of the molecule is NC(=O)c1cc(N(O)N2CC2)ccc1[N+](=O)[O-]. The van der Waals surface area contributed by atoms with Gasteiger partial charge < -0.3 is 5.73 Å². The van der Waals surface area contributed by atoms with Gasteiger partial charge in [0, 0.05) is 19.2 Å². The standard InChI is InChI=1S/C9H10N4O4/c10-9(14)7-5-6(12(15)11-3-4-11)1-2-8(7)13(16)17/h1-2,5,15H,3-4H2,(H2,10,14). The molecule has 2 rings (SSSR count). The van der Waals surface area contributed by atoms with Gasteiger partial charge in [0.05, 0.1) is 10.6 Å². The molecule has 0 spiro atoms. The summed E-state index contributed by atoms with van der Waals surface area (Å²) in [5, 5.41) is 22.7.